The van der Waals surface area contributed by atoms with Gasteiger partial charge in [0.25, 0.3) is 0 Å². The highest BCUT2D eigenvalue weighted by molar-refractivity contribution is 9.10. The summed E-state index contributed by atoms with van der Waals surface area (Å²) in [5, 5.41) is 3.04. The van der Waals surface area contributed by atoms with E-state index < -0.39 is 0 Å². The molecule has 2 aromatic carbocycles. The first-order valence-electron chi connectivity index (χ1n) is 5.49. The lowest BCUT2D eigenvalue weighted by Crippen LogP contribution is -2.19. The van der Waals surface area contributed by atoms with Crippen LogP contribution in [-0.2, 0) is 0 Å². The van der Waals surface area contributed by atoms with Crippen LogP contribution in [0.2, 0.25) is 0 Å². The van der Waals surface area contributed by atoms with Crippen LogP contribution in [0.15, 0.2) is 46.9 Å². The Hall–Kier alpha value is -1.26. The summed E-state index contributed by atoms with van der Waals surface area (Å²) in [6, 6.07) is 10.5. The molecule has 4 heteroatoms. The molecule has 18 heavy (non-hydrogen) atoms. The molecule has 0 amide bonds. The molecule has 0 heterocycles. The molecule has 0 spiro atoms. The van der Waals surface area contributed by atoms with Gasteiger partial charge in [-0.1, -0.05) is 28.1 Å². The second-order valence-corrected chi connectivity index (χ2v) is 4.85. The summed E-state index contributed by atoms with van der Waals surface area (Å²) < 4.78 is 27.5. The third kappa shape index (κ3) is 2.76. The monoisotopic (exact) mass is 311 g/mol. The minimum Gasteiger partial charge on any atom is -0.309 e. The Morgan fingerprint density at radius 1 is 1.06 bits per heavy atom. The number of rotatable bonds is 3. The Balaban J connectivity index is 2.44. The average molecular weight is 312 g/mol. The molecule has 94 valence electrons. The third-order valence-corrected chi connectivity index (χ3v) is 3.25. The van der Waals surface area contributed by atoms with E-state index in [0.29, 0.717) is 5.56 Å². The molecule has 0 saturated carbocycles. The zero-order chi connectivity index (χ0) is 13.1. The van der Waals surface area contributed by atoms with Crippen molar-refractivity contribution in [3.8, 4) is 0 Å². The maximum Gasteiger partial charge on any atom is 0.128 e. The Morgan fingerprint density at radius 3 is 2.33 bits per heavy atom. The van der Waals surface area contributed by atoms with Crippen molar-refractivity contribution in [3.63, 3.8) is 0 Å². The molecule has 0 aliphatic heterocycles. The van der Waals surface area contributed by atoms with Crippen LogP contribution in [-0.4, -0.2) is 7.05 Å². The van der Waals surface area contributed by atoms with Gasteiger partial charge in [-0.15, -0.1) is 0 Å². The van der Waals surface area contributed by atoms with E-state index in [0.717, 1.165) is 10.0 Å². The summed E-state index contributed by atoms with van der Waals surface area (Å²) in [6.07, 6.45) is 0. The third-order valence-electron chi connectivity index (χ3n) is 2.76. The van der Waals surface area contributed by atoms with Crippen LogP contribution >= 0.6 is 15.9 Å². The Bertz CT molecular complexity index is 540. The summed E-state index contributed by atoms with van der Waals surface area (Å²) in [6.45, 7) is 0. The maximum absolute atomic E-state index is 13.8. The van der Waals surface area contributed by atoms with Gasteiger partial charge in [0.2, 0.25) is 0 Å². The van der Waals surface area contributed by atoms with E-state index in [1.165, 1.54) is 18.2 Å². The highest BCUT2D eigenvalue weighted by Crippen LogP contribution is 2.26. The molecular formula is C14H12BrF2N. The van der Waals surface area contributed by atoms with Crippen molar-refractivity contribution in [2.75, 3.05) is 7.05 Å². The molecule has 0 bridgehead atoms. The summed E-state index contributed by atoms with van der Waals surface area (Å²) >= 11 is 3.32. The maximum atomic E-state index is 13.8. The zero-order valence-electron chi connectivity index (χ0n) is 9.75. The summed E-state index contributed by atoms with van der Waals surface area (Å²) in [5.41, 5.74) is 1.34. The standard InChI is InChI=1S/C14H12BrF2N/c1-18-14(9-2-5-11(16)6-3-9)12-8-10(15)4-7-13(12)17/h2-8,14,18H,1H3. The zero-order valence-corrected chi connectivity index (χ0v) is 11.3. The fourth-order valence-electron chi connectivity index (χ4n) is 1.89. The second-order valence-electron chi connectivity index (χ2n) is 3.94. The molecule has 0 radical (unpaired) electrons. The van der Waals surface area contributed by atoms with Crippen molar-refractivity contribution >= 4 is 15.9 Å². The van der Waals surface area contributed by atoms with Gasteiger partial charge in [0, 0.05) is 10.0 Å². The van der Waals surface area contributed by atoms with Crippen LogP contribution in [0.25, 0.3) is 0 Å². The van der Waals surface area contributed by atoms with E-state index in [2.05, 4.69) is 21.2 Å². The number of benzene rings is 2. The van der Waals surface area contributed by atoms with Crippen molar-refractivity contribution in [2.45, 2.75) is 6.04 Å². The van der Waals surface area contributed by atoms with Gasteiger partial charge in [-0.05, 0) is 42.9 Å². The number of hydrogen-bond acceptors (Lipinski definition) is 1. The highest BCUT2D eigenvalue weighted by atomic mass is 79.9. The lowest BCUT2D eigenvalue weighted by molar-refractivity contribution is 0.574. The van der Waals surface area contributed by atoms with Crippen molar-refractivity contribution in [1.82, 2.24) is 5.32 Å². The fourth-order valence-corrected chi connectivity index (χ4v) is 2.27. The van der Waals surface area contributed by atoms with Crippen molar-refractivity contribution < 1.29 is 8.78 Å². The quantitative estimate of drug-likeness (QED) is 0.902. The summed E-state index contributed by atoms with van der Waals surface area (Å²) in [5.74, 6) is -0.592. The minimum atomic E-state index is -0.303. The lowest BCUT2D eigenvalue weighted by Gasteiger charge is -2.18. The Kier molecular flexibility index (Phi) is 4.09. The largest absolute Gasteiger partial charge is 0.309 e. The first-order chi connectivity index (χ1) is 8.61. The van der Waals surface area contributed by atoms with E-state index in [9.17, 15) is 8.78 Å². The molecule has 1 unspecified atom stereocenters. The Labute approximate surface area is 113 Å². The van der Waals surface area contributed by atoms with Gasteiger partial charge in [0.1, 0.15) is 11.6 Å². The predicted molar refractivity (Wildman–Crippen MR) is 71.4 cm³/mol. The van der Waals surface area contributed by atoms with Crippen LogP contribution in [0.3, 0.4) is 0 Å². The molecule has 0 aliphatic rings. The van der Waals surface area contributed by atoms with Crippen molar-refractivity contribution in [1.29, 1.82) is 0 Å². The molecule has 0 saturated heterocycles. The smallest absolute Gasteiger partial charge is 0.128 e. The number of nitrogens with one attached hydrogen (secondary N) is 1. The first kappa shape index (κ1) is 13.2. The predicted octanol–water partition coefficient (Wildman–Crippen LogP) is 4.04. The van der Waals surface area contributed by atoms with Gasteiger partial charge in [-0.25, -0.2) is 8.78 Å². The van der Waals surface area contributed by atoms with E-state index in [1.54, 1.807) is 31.3 Å². The van der Waals surface area contributed by atoms with Crippen LogP contribution < -0.4 is 5.32 Å². The van der Waals surface area contributed by atoms with E-state index in [1.807, 2.05) is 0 Å². The fraction of sp³-hybridized carbons (Fsp3) is 0.143. The second kappa shape index (κ2) is 5.59. The van der Waals surface area contributed by atoms with E-state index >= 15 is 0 Å². The lowest BCUT2D eigenvalue weighted by atomic mass is 9.98. The topological polar surface area (TPSA) is 12.0 Å². The van der Waals surface area contributed by atoms with Crippen LogP contribution in [0.5, 0.6) is 0 Å². The molecule has 2 aromatic rings. The molecular weight excluding hydrogens is 300 g/mol. The van der Waals surface area contributed by atoms with E-state index in [4.69, 9.17) is 0 Å². The Morgan fingerprint density at radius 2 is 1.72 bits per heavy atom. The van der Waals surface area contributed by atoms with E-state index in [-0.39, 0.29) is 17.7 Å². The normalized spacial score (nSPS) is 12.4. The first-order valence-corrected chi connectivity index (χ1v) is 6.29. The van der Waals surface area contributed by atoms with Crippen molar-refractivity contribution in [2.24, 2.45) is 0 Å². The van der Waals surface area contributed by atoms with Crippen molar-refractivity contribution in [3.05, 3.63) is 69.7 Å². The molecule has 1 nitrogen and oxygen atoms in total. The van der Waals surface area contributed by atoms with Gasteiger partial charge in [-0.3, -0.25) is 0 Å². The van der Waals surface area contributed by atoms with Gasteiger partial charge in [-0.2, -0.15) is 0 Å². The summed E-state index contributed by atoms with van der Waals surface area (Å²) in [4.78, 5) is 0. The average Bonchev–Trinajstić information content (AvgIpc) is 2.37. The minimum absolute atomic E-state index is 0.290. The van der Waals surface area contributed by atoms with Gasteiger partial charge in [0.15, 0.2) is 0 Å². The SMILES string of the molecule is CNC(c1ccc(F)cc1)c1cc(Br)ccc1F. The highest BCUT2D eigenvalue weighted by Gasteiger charge is 2.16. The van der Waals surface area contributed by atoms with Crippen LogP contribution in [0.4, 0.5) is 8.78 Å². The van der Waals surface area contributed by atoms with Crippen LogP contribution in [0, 0.1) is 11.6 Å². The molecule has 2 rings (SSSR count). The van der Waals surface area contributed by atoms with Crippen LogP contribution in [0.1, 0.15) is 17.2 Å². The molecule has 1 atom stereocenters. The van der Waals surface area contributed by atoms with Gasteiger partial charge in [0.05, 0.1) is 6.04 Å². The molecule has 0 fully saturated rings. The molecule has 0 aromatic heterocycles. The molecule has 1 N–H and O–H groups in total. The number of hydrogen-bond donors (Lipinski definition) is 1. The van der Waals surface area contributed by atoms with Gasteiger partial charge < -0.3 is 5.32 Å². The summed E-state index contributed by atoms with van der Waals surface area (Å²) in [7, 11) is 1.74. The molecule has 0 aliphatic carbocycles. The number of halogens is 3. The van der Waals surface area contributed by atoms with Gasteiger partial charge >= 0.3 is 0 Å².